The van der Waals surface area contributed by atoms with Crippen molar-refractivity contribution in [2.75, 3.05) is 25.5 Å². The van der Waals surface area contributed by atoms with Crippen LogP contribution in [0.25, 0.3) is 0 Å². The Balaban J connectivity index is 1.45. The number of fused-ring (bicyclic) bond motifs is 3. The molecule has 1 aromatic carbocycles. The average molecular weight is 366 g/mol. The maximum absolute atomic E-state index is 12.7. The normalized spacial score (nSPS) is 26.4. The molecule has 2 bridgehead atoms. The minimum absolute atomic E-state index is 0.151. The molecule has 0 aliphatic carbocycles. The van der Waals surface area contributed by atoms with Gasteiger partial charge in [0, 0.05) is 36.2 Å². The molecule has 6 nitrogen and oxygen atoms in total. The van der Waals surface area contributed by atoms with Crippen LogP contribution in [0, 0.1) is 5.92 Å². The zero-order valence-electron chi connectivity index (χ0n) is 15.6. The van der Waals surface area contributed by atoms with Crippen LogP contribution in [0.15, 0.2) is 48.8 Å². The van der Waals surface area contributed by atoms with E-state index in [0.717, 1.165) is 43.8 Å². The summed E-state index contributed by atoms with van der Waals surface area (Å²) in [5.41, 5.74) is 1.95. The van der Waals surface area contributed by atoms with Crippen LogP contribution in [0.3, 0.4) is 0 Å². The summed E-state index contributed by atoms with van der Waals surface area (Å²) in [4.78, 5) is 19.4. The Bertz CT molecular complexity index is 775. The van der Waals surface area contributed by atoms with E-state index in [1.54, 1.807) is 13.3 Å². The second-order valence-electron chi connectivity index (χ2n) is 7.36. The average Bonchev–Trinajstić information content (AvgIpc) is 2.71. The van der Waals surface area contributed by atoms with E-state index in [0.29, 0.717) is 12.0 Å². The standard InChI is InChI=1S/C21H26N4O2/c1-27-18-6-2-5-17(13-18)23-21(26)24-20-16-7-10-25(11-8-16)19(20)12-15-4-3-9-22-14-15/h2-6,9,13-14,16,19-20H,7-8,10-12H2,1H3,(H2,23,24,26)/t19-,20-/m0/s1. The fourth-order valence-corrected chi connectivity index (χ4v) is 4.40. The van der Waals surface area contributed by atoms with Gasteiger partial charge in [-0.25, -0.2) is 4.79 Å². The topological polar surface area (TPSA) is 66.5 Å². The molecular formula is C21H26N4O2. The van der Waals surface area contributed by atoms with E-state index in [2.05, 4.69) is 26.6 Å². The van der Waals surface area contributed by atoms with E-state index >= 15 is 0 Å². The Morgan fingerprint density at radius 2 is 2.11 bits per heavy atom. The van der Waals surface area contributed by atoms with Gasteiger partial charge in [0.1, 0.15) is 5.75 Å². The van der Waals surface area contributed by atoms with Crippen LogP contribution >= 0.6 is 0 Å². The van der Waals surface area contributed by atoms with E-state index in [9.17, 15) is 4.79 Å². The zero-order valence-corrected chi connectivity index (χ0v) is 15.6. The summed E-state index contributed by atoms with van der Waals surface area (Å²) in [7, 11) is 1.62. The Hall–Kier alpha value is -2.60. The van der Waals surface area contributed by atoms with Crippen molar-refractivity contribution in [3.63, 3.8) is 0 Å². The summed E-state index contributed by atoms with van der Waals surface area (Å²) < 4.78 is 5.23. The molecule has 3 fully saturated rings. The predicted molar refractivity (Wildman–Crippen MR) is 105 cm³/mol. The van der Waals surface area contributed by atoms with Crippen LogP contribution in [0.1, 0.15) is 18.4 Å². The van der Waals surface area contributed by atoms with Crippen molar-refractivity contribution in [3.8, 4) is 5.75 Å². The SMILES string of the molecule is COc1cccc(NC(=O)N[C@H]2C3CCN(CC3)[C@H]2Cc2cccnc2)c1. The number of anilines is 1. The number of methoxy groups -OCH3 is 1. The summed E-state index contributed by atoms with van der Waals surface area (Å²) in [6.07, 6.45) is 6.93. The minimum atomic E-state index is -0.154. The first-order valence-corrected chi connectivity index (χ1v) is 9.57. The van der Waals surface area contributed by atoms with Crippen molar-refractivity contribution in [1.29, 1.82) is 0 Å². The summed E-state index contributed by atoms with van der Waals surface area (Å²) in [6.45, 7) is 2.23. The molecular weight excluding hydrogens is 340 g/mol. The Kier molecular flexibility index (Phi) is 5.25. The first kappa shape index (κ1) is 17.8. The van der Waals surface area contributed by atoms with E-state index < -0.39 is 0 Å². The quantitative estimate of drug-likeness (QED) is 0.854. The van der Waals surface area contributed by atoms with Gasteiger partial charge in [0.2, 0.25) is 0 Å². The van der Waals surface area contributed by atoms with Crippen LogP contribution in [0.5, 0.6) is 5.75 Å². The monoisotopic (exact) mass is 366 g/mol. The van der Waals surface area contributed by atoms with E-state index in [4.69, 9.17) is 4.74 Å². The number of hydrogen-bond acceptors (Lipinski definition) is 4. The molecule has 142 valence electrons. The Morgan fingerprint density at radius 3 is 2.85 bits per heavy atom. The van der Waals surface area contributed by atoms with Gasteiger partial charge in [-0.05, 0) is 62.0 Å². The lowest BCUT2D eigenvalue weighted by atomic mass is 9.77. The van der Waals surface area contributed by atoms with Crippen LogP contribution in [0.4, 0.5) is 10.5 Å². The van der Waals surface area contributed by atoms with Gasteiger partial charge in [0.15, 0.2) is 0 Å². The van der Waals surface area contributed by atoms with Gasteiger partial charge in [-0.3, -0.25) is 9.88 Å². The predicted octanol–water partition coefficient (Wildman–Crippen LogP) is 2.92. The molecule has 2 atom stereocenters. The van der Waals surface area contributed by atoms with Gasteiger partial charge < -0.3 is 15.4 Å². The first-order valence-electron chi connectivity index (χ1n) is 9.57. The number of carbonyl (C=O) groups is 1. The second-order valence-corrected chi connectivity index (χ2v) is 7.36. The fraction of sp³-hybridized carbons (Fsp3) is 0.429. The van der Waals surface area contributed by atoms with Crippen molar-refractivity contribution >= 4 is 11.7 Å². The number of ether oxygens (including phenoxy) is 1. The molecule has 3 aliphatic rings. The number of piperidine rings is 3. The fourth-order valence-electron chi connectivity index (χ4n) is 4.40. The molecule has 0 saturated carbocycles. The number of hydrogen-bond donors (Lipinski definition) is 2. The molecule has 0 radical (unpaired) electrons. The van der Waals surface area contributed by atoms with Crippen LogP contribution < -0.4 is 15.4 Å². The lowest BCUT2D eigenvalue weighted by molar-refractivity contribution is 0.0184. The number of rotatable bonds is 5. The summed E-state index contributed by atoms with van der Waals surface area (Å²) in [6, 6.07) is 11.8. The number of benzene rings is 1. The van der Waals surface area contributed by atoms with Gasteiger partial charge in [-0.2, -0.15) is 0 Å². The molecule has 0 spiro atoms. The highest BCUT2D eigenvalue weighted by molar-refractivity contribution is 5.89. The Morgan fingerprint density at radius 1 is 1.26 bits per heavy atom. The maximum atomic E-state index is 12.7. The second kappa shape index (κ2) is 7.96. The maximum Gasteiger partial charge on any atom is 0.319 e. The van der Waals surface area contributed by atoms with E-state index in [1.807, 2.05) is 36.5 Å². The summed E-state index contributed by atoms with van der Waals surface area (Å²) >= 11 is 0. The van der Waals surface area contributed by atoms with Crippen LogP contribution in [-0.4, -0.2) is 48.2 Å². The molecule has 4 heterocycles. The molecule has 3 aliphatic heterocycles. The zero-order chi connectivity index (χ0) is 18.6. The molecule has 3 saturated heterocycles. The van der Waals surface area contributed by atoms with Crippen molar-refractivity contribution in [3.05, 3.63) is 54.4 Å². The van der Waals surface area contributed by atoms with Crippen LogP contribution in [0.2, 0.25) is 0 Å². The number of pyridine rings is 1. The molecule has 1 aromatic heterocycles. The highest BCUT2D eigenvalue weighted by Crippen LogP contribution is 2.34. The number of carbonyl (C=O) groups excluding carboxylic acids is 1. The van der Waals surface area contributed by atoms with Gasteiger partial charge in [0.25, 0.3) is 0 Å². The van der Waals surface area contributed by atoms with Gasteiger partial charge in [-0.1, -0.05) is 12.1 Å². The van der Waals surface area contributed by atoms with Gasteiger partial charge >= 0.3 is 6.03 Å². The van der Waals surface area contributed by atoms with Crippen molar-refractivity contribution in [2.45, 2.75) is 31.3 Å². The molecule has 27 heavy (non-hydrogen) atoms. The third kappa shape index (κ3) is 4.06. The first-order chi connectivity index (χ1) is 13.2. The third-order valence-electron chi connectivity index (χ3n) is 5.76. The summed E-state index contributed by atoms with van der Waals surface area (Å²) in [5.74, 6) is 1.26. The van der Waals surface area contributed by atoms with E-state index in [-0.39, 0.29) is 12.1 Å². The lowest BCUT2D eigenvalue weighted by Gasteiger charge is -2.51. The molecule has 5 rings (SSSR count). The van der Waals surface area contributed by atoms with Crippen LogP contribution in [-0.2, 0) is 6.42 Å². The molecule has 2 aromatic rings. The number of amides is 2. The number of aromatic nitrogens is 1. The van der Waals surface area contributed by atoms with Crippen molar-refractivity contribution in [2.24, 2.45) is 5.92 Å². The lowest BCUT2D eigenvalue weighted by Crippen LogP contribution is -2.64. The largest absolute Gasteiger partial charge is 0.497 e. The Labute approximate surface area is 159 Å². The van der Waals surface area contributed by atoms with Gasteiger partial charge in [0.05, 0.1) is 7.11 Å². The minimum Gasteiger partial charge on any atom is -0.497 e. The molecule has 0 unspecified atom stereocenters. The van der Waals surface area contributed by atoms with Crippen molar-refractivity contribution < 1.29 is 9.53 Å². The summed E-state index contributed by atoms with van der Waals surface area (Å²) in [5, 5.41) is 6.20. The highest BCUT2D eigenvalue weighted by Gasteiger charge is 2.42. The molecule has 2 amide bonds. The highest BCUT2D eigenvalue weighted by atomic mass is 16.5. The van der Waals surface area contributed by atoms with Gasteiger partial charge in [-0.15, -0.1) is 0 Å². The molecule has 6 heteroatoms. The number of nitrogens with one attached hydrogen (secondary N) is 2. The third-order valence-corrected chi connectivity index (χ3v) is 5.76. The smallest absolute Gasteiger partial charge is 0.319 e. The van der Waals surface area contributed by atoms with Crippen molar-refractivity contribution in [1.82, 2.24) is 15.2 Å². The number of nitrogens with zero attached hydrogens (tertiary/aromatic N) is 2. The number of urea groups is 1. The molecule has 2 N–H and O–H groups in total. The van der Waals surface area contributed by atoms with E-state index in [1.165, 1.54) is 5.56 Å².